The van der Waals surface area contributed by atoms with E-state index in [1.54, 1.807) is 32.2 Å². The van der Waals surface area contributed by atoms with Crippen LogP contribution in [0.4, 0.5) is 0 Å². The molecule has 0 aliphatic heterocycles. The fourth-order valence-corrected chi connectivity index (χ4v) is 1.71. The van der Waals surface area contributed by atoms with Gasteiger partial charge in [0.15, 0.2) is 11.5 Å². The van der Waals surface area contributed by atoms with E-state index in [2.05, 4.69) is 0 Å². The van der Waals surface area contributed by atoms with Gasteiger partial charge in [-0.05, 0) is 43.4 Å². The third kappa shape index (κ3) is 2.94. The van der Waals surface area contributed by atoms with E-state index in [9.17, 15) is 4.79 Å². The molecule has 0 amide bonds. The lowest BCUT2D eigenvalue weighted by Crippen LogP contribution is -2.08. The van der Waals surface area contributed by atoms with Crippen LogP contribution in [0.3, 0.4) is 0 Å². The van der Waals surface area contributed by atoms with Crippen molar-refractivity contribution in [2.45, 2.75) is 25.7 Å². The topological polar surface area (TPSA) is 55.8 Å². The first-order valence-corrected chi connectivity index (χ1v) is 6.15. The van der Waals surface area contributed by atoms with Crippen molar-refractivity contribution in [2.24, 2.45) is 5.92 Å². The van der Waals surface area contributed by atoms with E-state index in [4.69, 9.17) is 14.6 Å². The molecule has 1 saturated carbocycles. The summed E-state index contributed by atoms with van der Waals surface area (Å²) in [7, 11) is 1.56. The molecule has 1 aromatic rings. The molecule has 4 heteroatoms. The SMILES string of the molecule is COc1cc(C(C)C(=O)O)ccc1OCC1CC1. The number of carboxylic acids is 1. The van der Waals surface area contributed by atoms with Crippen molar-refractivity contribution in [3.05, 3.63) is 23.8 Å². The number of benzene rings is 1. The van der Waals surface area contributed by atoms with Crippen LogP contribution in [0.15, 0.2) is 18.2 Å². The number of aliphatic carboxylic acids is 1. The molecule has 1 aliphatic carbocycles. The number of methoxy groups -OCH3 is 1. The van der Waals surface area contributed by atoms with Gasteiger partial charge in [0.25, 0.3) is 0 Å². The Balaban J connectivity index is 2.13. The number of hydrogen-bond donors (Lipinski definition) is 1. The van der Waals surface area contributed by atoms with E-state index >= 15 is 0 Å². The van der Waals surface area contributed by atoms with E-state index in [-0.39, 0.29) is 0 Å². The van der Waals surface area contributed by atoms with Gasteiger partial charge in [-0.25, -0.2) is 0 Å². The fraction of sp³-hybridized carbons (Fsp3) is 0.500. The van der Waals surface area contributed by atoms with Gasteiger partial charge in [0, 0.05) is 0 Å². The van der Waals surface area contributed by atoms with Crippen molar-refractivity contribution in [3.63, 3.8) is 0 Å². The molecule has 18 heavy (non-hydrogen) atoms. The molecule has 0 spiro atoms. The van der Waals surface area contributed by atoms with E-state index in [0.717, 1.165) is 5.56 Å². The zero-order valence-corrected chi connectivity index (χ0v) is 10.7. The summed E-state index contributed by atoms with van der Waals surface area (Å²) >= 11 is 0. The highest BCUT2D eigenvalue weighted by molar-refractivity contribution is 5.75. The number of carboxylic acid groups (broad SMARTS) is 1. The first kappa shape index (κ1) is 12.7. The van der Waals surface area contributed by atoms with Crippen molar-refractivity contribution in [2.75, 3.05) is 13.7 Å². The van der Waals surface area contributed by atoms with Crippen LogP contribution in [0, 0.1) is 5.92 Å². The first-order chi connectivity index (χ1) is 8.61. The lowest BCUT2D eigenvalue weighted by Gasteiger charge is -2.13. The maximum Gasteiger partial charge on any atom is 0.310 e. The maximum atomic E-state index is 10.9. The number of hydrogen-bond acceptors (Lipinski definition) is 3. The van der Waals surface area contributed by atoms with Crippen LogP contribution in [-0.2, 0) is 4.79 Å². The smallest absolute Gasteiger partial charge is 0.310 e. The first-order valence-electron chi connectivity index (χ1n) is 6.15. The molecule has 0 radical (unpaired) electrons. The van der Waals surface area contributed by atoms with Crippen LogP contribution in [-0.4, -0.2) is 24.8 Å². The van der Waals surface area contributed by atoms with Gasteiger partial charge in [-0.1, -0.05) is 6.07 Å². The molecule has 1 unspecified atom stereocenters. The lowest BCUT2D eigenvalue weighted by molar-refractivity contribution is -0.138. The van der Waals surface area contributed by atoms with E-state index < -0.39 is 11.9 Å². The largest absolute Gasteiger partial charge is 0.493 e. The van der Waals surface area contributed by atoms with Gasteiger partial charge < -0.3 is 14.6 Å². The van der Waals surface area contributed by atoms with E-state index in [1.165, 1.54) is 12.8 Å². The second-order valence-electron chi connectivity index (χ2n) is 4.72. The van der Waals surface area contributed by atoms with Crippen molar-refractivity contribution >= 4 is 5.97 Å². The zero-order chi connectivity index (χ0) is 13.1. The highest BCUT2D eigenvalue weighted by Crippen LogP contribution is 2.34. The third-order valence-electron chi connectivity index (χ3n) is 3.23. The summed E-state index contributed by atoms with van der Waals surface area (Å²) in [5.74, 6) is 0.569. The molecule has 1 N–H and O–H groups in total. The summed E-state index contributed by atoms with van der Waals surface area (Å²) in [5.41, 5.74) is 0.720. The van der Waals surface area contributed by atoms with Gasteiger partial charge in [0.1, 0.15) is 0 Å². The molecule has 1 aliphatic rings. The van der Waals surface area contributed by atoms with Crippen LogP contribution in [0.2, 0.25) is 0 Å². The van der Waals surface area contributed by atoms with Crippen LogP contribution in [0.5, 0.6) is 11.5 Å². The van der Waals surface area contributed by atoms with Gasteiger partial charge >= 0.3 is 5.97 Å². The third-order valence-corrected chi connectivity index (χ3v) is 3.23. The van der Waals surface area contributed by atoms with Gasteiger partial charge in [0.2, 0.25) is 0 Å². The highest BCUT2D eigenvalue weighted by Gasteiger charge is 2.23. The Hall–Kier alpha value is -1.71. The van der Waals surface area contributed by atoms with Crippen molar-refractivity contribution in [1.29, 1.82) is 0 Å². The Bertz CT molecular complexity index is 437. The Labute approximate surface area is 107 Å². The molecular formula is C14H18O4. The summed E-state index contributed by atoms with van der Waals surface area (Å²) in [6.07, 6.45) is 2.47. The molecule has 1 fully saturated rings. The minimum Gasteiger partial charge on any atom is -0.493 e. The maximum absolute atomic E-state index is 10.9. The molecule has 2 rings (SSSR count). The van der Waals surface area contributed by atoms with Crippen molar-refractivity contribution in [1.82, 2.24) is 0 Å². The van der Waals surface area contributed by atoms with Crippen molar-refractivity contribution < 1.29 is 19.4 Å². The Morgan fingerprint density at radius 1 is 1.44 bits per heavy atom. The van der Waals surface area contributed by atoms with E-state index in [1.807, 2.05) is 0 Å². The van der Waals surface area contributed by atoms with Gasteiger partial charge in [-0.2, -0.15) is 0 Å². The fourth-order valence-electron chi connectivity index (χ4n) is 1.71. The second-order valence-corrected chi connectivity index (χ2v) is 4.72. The summed E-state index contributed by atoms with van der Waals surface area (Å²) in [4.78, 5) is 10.9. The minimum atomic E-state index is -0.844. The summed E-state index contributed by atoms with van der Waals surface area (Å²) in [6, 6.07) is 5.31. The molecule has 1 atom stereocenters. The molecular weight excluding hydrogens is 232 g/mol. The Morgan fingerprint density at radius 3 is 2.72 bits per heavy atom. The van der Waals surface area contributed by atoms with Crippen LogP contribution in [0.25, 0.3) is 0 Å². The molecule has 0 heterocycles. The van der Waals surface area contributed by atoms with Crippen molar-refractivity contribution in [3.8, 4) is 11.5 Å². The molecule has 0 saturated heterocycles. The van der Waals surface area contributed by atoms with Gasteiger partial charge in [-0.3, -0.25) is 4.79 Å². The molecule has 0 bridgehead atoms. The standard InChI is InChI=1S/C14H18O4/c1-9(14(15)16)11-5-6-12(13(7-11)17-2)18-8-10-3-4-10/h5-7,9-10H,3-4,8H2,1-2H3,(H,15,16). The molecule has 98 valence electrons. The van der Waals surface area contributed by atoms with E-state index in [0.29, 0.717) is 24.0 Å². The van der Waals surface area contributed by atoms with Crippen LogP contribution < -0.4 is 9.47 Å². The normalized spacial score (nSPS) is 16.1. The number of rotatable bonds is 6. The van der Waals surface area contributed by atoms with Gasteiger partial charge in [-0.15, -0.1) is 0 Å². The van der Waals surface area contributed by atoms with Crippen LogP contribution >= 0.6 is 0 Å². The zero-order valence-electron chi connectivity index (χ0n) is 10.7. The lowest BCUT2D eigenvalue weighted by atomic mass is 10.0. The van der Waals surface area contributed by atoms with Crippen LogP contribution in [0.1, 0.15) is 31.2 Å². The predicted molar refractivity (Wildman–Crippen MR) is 67.3 cm³/mol. The van der Waals surface area contributed by atoms with Gasteiger partial charge in [0.05, 0.1) is 19.6 Å². The molecule has 1 aromatic carbocycles. The number of carbonyl (C=O) groups is 1. The monoisotopic (exact) mass is 250 g/mol. The average molecular weight is 250 g/mol. The second kappa shape index (κ2) is 5.29. The molecule has 4 nitrogen and oxygen atoms in total. The summed E-state index contributed by atoms with van der Waals surface area (Å²) in [6.45, 7) is 2.37. The predicted octanol–water partition coefficient (Wildman–Crippen LogP) is 2.67. The Kier molecular flexibility index (Phi) is 3.75. The highest BCUT2D eigenvalue weighted by atomic mass is 16.5. The quantitative estimate of drug-likeness (QED) is 0.843. The number of ether oxygens (including phenoxy) is 2. The summed E-state index contributed by atoms with van der Waals surface area (Å²) < 4.78 is 10.9. The minimum absolute atomic E-state index is 0.545. The molecule has 0 aromatic heterocycles. The Morgan fingerprint density at radius 2 is 2.17 bits per heavy atom. The average Bonchev–Trinajstić information content (AvgIpc) is 3.19. The summed E-state index contributed by atoms with van der Waals surface area (Å²) in [5, 5.41) is 8.98.